The number of ether oxygens (including phenoxy) is 1. The second kappa shape index (κ2) is 8.67. The average Bonchev–Trinajstić information content (AvgIpc) is 3.02. The molecule has 2 aromatic rings. The minimum atomic E-state index is -0.662. The van der Waals surface area contributed by atoms with E-state index in [1.54, 1.807) is 17.2 Å². The largest absolute Gasteiger partial charge is 0.474 e. The van der Waals surface area contributed by atoms with Gasteiger partial charge in [0.1, 0.15) is 17.7 Å². The minimum Gasteiger partial charge on any atom is -0.474 e. The summed E-state index contributed by atoms with van der Waals surface area (Å²) in [5.74, 6) is 0.556. The van der Waals surface area contributed by atoms with Crippen molar-refractivity contribution in [2.24, 2.45) is 0 Å². The van der Waals surface area contributed by atoms with Crippen LogP contribution in [-0.4, -0.2) is 58.1 Å². The van der Waals surface area contributed by atoms with Crippen molar-refractivity contribution in [2.45, 2.75) is 49.2 Å². The molecule has 10 heteroatoms. The monoisotopic (exact) mass is 484 g/mol. The lowest BCUT2D eigenvalue weighted by molar-refractivity contribution is -0.124. The molecule has 2 aliphatic heterocycles. The second-order valence-electron chi connectivity index (χ2n) is 8.89. The number of nitrogens with zero attached hydrogens (tertiary/aromatic N) is 6. The van der Waals surface area contributed by atoms with Crippen LogP contribution >= 0.6 is 24.2 Å². The van der Waals surface area contributed by atoms with Crippen LogP contribution in [0.25, 0.3) is 0 Å². The fourth-order valence-electron chi connectivity index (χ4n) is 4.87. The molecule has 33 heavy (non-hydrogen) atoms. The molecule has 3 fully saturated rings. The zero-order chi connectivity index (χ0) is 23.2. The Hall–Kier alpha value is -2.54. The van der Waals surface area contributed by atoms with Crippen molar-refractivity contribution < 1.29 is 9.53 Å². The SMILES string of the molecule is CN1CCC(Oc2ccc(N3C(S)N(c4cnc(C#N)c(Cl)c4)C(=O)C34CCC4)cn2)CC1. The summed E-state index contributed by atoms with van der Waals surface area (Å²) in [4.78, 5) is 28.2. The van der Waals surface area contributed by atoms with Crippen molar-refractivity contribution in [1.82, 2.24) is 14.9 Å². The van der Waals surface area contributed by atoms with Gasteiger partial charge in [-0.1, -0.05) is 11.6 Å². The van der Waals surface area contributed by atoms with E-state index in [2.05, 4.69) is 21.9 Å². The van der Waals surface area contributed by atoms with Gasteiger partial charge in [0.05, 0.1) is 28.8 Å². The summed E-state index contributed by atoms with van der Waals surface area (Å²) in [6.07, 6.45) is 7.85. The number of amides is 1. The summed E-state index contributed by atoms with van der Waals surface area (Å²) in [6, 6.07) is 7.36. The van der Waals surface area contributed by atoms with Gasteiger partial charge in [0.25, 0.3) is 5.91 Å². The topological polar surface area (TPSA) is 85.6 Å². The van der Waals surface area contributed by atoms with Gasteiger partial charge in [-0.25, -0.2) is 9.97 Å². The van der Waals surface area contributed by atoms with Crippen molar-refractivity contribution in [2.75, 3.05) is 29.9 Å². The van der Waals surface area contributed by atoms with Gasteiger partial charge in [-0.05, 0) is 51.3 Å². The number of anilines is 2. The van der Waals surface area contributed by atoms with Gasteiger partial charge < -0.3 is 14.5 Å². The normalized spacial score (nSPS) is 23.0. The zero-order valence-corrected chi connectivity index (χ0v) is 20.0. The number of hydrogen-bond acceptors (Lipinski definition) is 8. The molecule has 1 amide bonds. The van der Waals surface area contributed by atoms with E-state index < -0.39 is 11.0 Å². The van der Waals surface area contributed by atoms with Gasteiger partial charge >= 0.3 is 0 Å². The minimum absolute atomic E-state index is 0.0389. The smallest absolute Gasteiger partial charge is 0.255 e. The summed E-state index contributed by atoms with van der Waals surface area (Å²) in [5.41, 5.74) is 0.250. The van der Waals surface area contributed by atoms with Crippen LogP contribution in [0.4, 0.5) is 11.4 Å². The van der Waals surface area contributed by atoms with Crippen molar-refractivity contribution in [3.63, 3.8) is 0 Å². The Labute approximate surface area is 203 Å². The van der Waals surface area contributed by atoms with Crippen LogP contribution in [0.2, 0.25) is 5.02 Å². The number of pyridine rings is 2. The molecule has 1 saturated carbocycles. The molecule has 1 aliphatic carbocycles. The number of piperidine rings is 1. The van der Waals surface area contributed by atoms with E-state index in [-0.39, 0.29) is 22.7 Å². The Bertz CT molecular complexity index is 1100. The fourth-order valence-corrected chi connectivity index (χ4v) is 5.66. The van der Waals surface area contributed by atoms with Gasteiger partial charge in [0.15, 0.2) is 11.2 Å². The predicted octanol–water partition coefficient (Wildman–Crippen LogP) is 3.46. The highest BCUT2D eigenvalue weighted by Gasteiger charge is 2.60. The lowest BCUT2D eigenvalue weighted by atomic mass is 9.75. The van der Waals surface area contributed by atoms with Gasteiger partial charge in [-0.2, -0.15) is 5.26 Å². The highest BCUT2D eigenvalue weighted by Crippen LogP contribution is 2.50. The van der Waals surface area contributed by atoms with Crippen LogP contribution in [0.15, 0.2) is 30.6 Å². The molecule has 5 rings (SSSR count). The molecule has 1 atom stereocenters. The third kappa shape index (κ3) is 3.80. The van der Waals surface area contributed by atoms with Crippen LogP contribution in [0, 0.1) is 11.3 Å². The number of carbonyl (C=O) groups is 1. The van der Waals surface area contributed by atoms with Crippen molar-refractivity contribution in [1.29, 1.82) is 5.26 Å². The van der Waals surface area contributed by atoms with E-state index in [0.717, 1.165) is 50.9 Å². The summed E-state index contributed by atoms with van der Waals surface area (Å²) in [7, 11) is 2.12. The molecule has 2 saturated heterocycles. The van der Waals surface area contributed by atoms with Crippen LogP contribution < -0.4 is 14.5 Å². The highest BCUT2D eigenvalue weighted by molar-refractivity contribution is 7.81. The number of thiol groups is 1. The number of nitriles is 1. The number of halogens is 1. The Morgan fingerprint density at radius 1 is 1.21 bits per heavy atom. The number of rotatable bonds is 4. The van der Waals surface area contributed by atoms with Gasteiger partial charge in [0.2, 0.25) is 5.88 Å². The molecular weight excluding hydrogens is 460 g/mol. The molecule has 1 spiro atoms. The van der Waals surface area contributed by atoms with Crippen LogP contribution in [0.5, 0.6) is 5.88 Å². The predicted molar refractivity (Wildman–Crippen MR) is 129 cm³/mol. The number of carbonyl (C=O) groups excluding carboxylic acids is 1. The van der Waals surface area contributed by atoms with E-state index >= 15 is 0 Å². The zero-order valence-electron chi connectivity index (χ0n) is 18.3. The quantitative estimate of drug-likeness (QED) is 0.665. The first-order valence-electron chi connectivity index (χ1n) is 11.1. The third-order valence-electron chi connectivity index (χ3n) is 6.88. The number of hydrogen-bond donors (Lipinski definition) is 1. The Morgan fingerprint density at radius 3 is 2.52 bits per heavy atom. The Morgan fingerprint density at radius 2 is 1.94 bits per heavy atom. The first-order valence-corrected chi connectivity index (χ1v) is 12.0. The maximum atomic E-state index is 13.6. The molecule has 8 nitrogen and oxygen atoms in total. The maximum absolute atomic E-state index is 13.6. The second-order valence-corrected chi connectivity index (χ2v) is 9.76. The Balaban J connectivity index is 1.40. The van der Waals surface area contributed by atoms with Gasteiger partial charge in [0, 0.05) is 19.2 Å². The van der Waals surface area contributed by atoms with E-state index in [9.17, 15) is 4.79 Å². The first kappa shape index (κ1) is 22.3. The molecule has 0 N–H and O–H groups in total. The summed E-state index contributed by atoms with van der Waals surface area (Å²) in [6.45, 7) is 2.04. The highest BCUT2D eigenvalue weighted by atomic mass is 35.5. The molecule has 1 unspecified atom stereocenters. The molecule has 0 radical (unpaired) electrons. The van der Waals surface area contributed by atoms with E-state index in [0.29, 0.717) is 11.6 Å². The van der Waals surface area contributed by atoms with Crippen molar-refractivity contribution in [3.8, 4) is 11.9 Å². The van der Waals surface area contributed by atoms with E-state index in [1.807, 2.05) is 23.1 Å². The fraction of sp³-hybridized carbons (Fsp3) is 0.478. The van der Waals surface area contributed by atoms with Crippen LogP contribution in [0.1, 0.15) is 37.8 Å². The number of aromatic nitrogens is 2. The van der Waals surface area contributed by atoms with Gasteiger partial charge in [-0.15, -0.1) is 12.6 Å². The lowest BCUT2D eigenvalue weighted by Gasteiger charge is -2.44. The summed E-state index contributed by atoms with van der Waals surface area (Å²) >= 11 is 11.0. The summed E-state index contributed by atoms with van der Waals surface area (Å²) in [5, 5.41) is 9.33. The van der Waals surface area contributed by atoms with E-state index in [4.69, 9.17) is 34.2 Å². The molecule has 0 bridgehead atoms. The Kier molecular flexibility index (Phi) is 5.85. The molecule has 3 aliphatic rings. The lowest BCUT2D eigenvalue weighted by Crippen LogP contribution is -2.55. The van der Waals surface area contributed by atoms with Crippen molar-refractivity contribution in [3.05, 3.63) is 41.3 Å². The molecular formula is C23H25ClN6O2S. The maximum Gasteiger partial charge on any atom is 0.255 e. The number of likely N-dealkylation sites (tertiary alicyclic amines) is 1. The molecule has 0 aromatic carbocycles. The standard InChI is InChI=1S/C23H25ClN6O2S/c1-28-9-5-17(6-10-28)32-20-4-3-15(13-27-20)30-22(33)29(21(31)23(30)7-2-8-23)16-11-18(24)19(12-25)26-14-16/h3-4,11,13-14,17,22,33H,2,5-10H2,1H3. The molecule has 4 heterocycles. The molecule has 2 aromatic heterocycles. The molecule has 172 valence electrons. The first-order chi connectivity index (χ1) is 15.9. The third-order valence-corrected chi connectivity index (χ3v) is 7.63. The van der Waals surface area contributed by atoms with Crippen LogP contribution in [0.3, 0.4) is 0 Å². The average molecular weight is 485 g/mol. The van der Waals surface area contributed by atoms with Crippen molar-refractivity contribution >= 4 is 41.5 Å². The van der Waals surface area contributed by atoms with E-state index in [1.165, 1.54) is 6.20 Å². The van der Waals surface area contributed by atoms with Crippen LogP contribution in [-0.2, 0) is 4.79 Å². The van der Waals surface area contributed by atoms with Gasteiger partial charge in [-0.3, -0.25) is 9.69 Å². The summed E-state index contributed by atoms with van der Waals surface area (Å²) < 4.78 is 6.08.